The Bertz CT molecular complexity index is 745. The molecule has 2 fully saturated rings. The monoisotopic (exact) mass is 310 g/mol. The van der Waals surface area contributed by atoms with Gasteiger partial charge in [0.05, 0.1) is 5.69 Å². The highest BCUT2D eigenvalue weighted by Crippen LogP contribution is 2.30. The number of aromatic nitrogens is 2. The smallest absolute Gasteiger partial charge is 0.272 e. The second kappa shape index (κ2) is 5.53. The van der Waals surface area contributed by atoms with Gasteiger partial charge in [0.15, 0.2) is 5.69 Å². The van der Waals surface area contributed by atoms with Crippen molar-refractivity contribution in [1.82, 2.24) is 15.1 Å². The highest BCUT2D eigenvalue weighted by atomic mass is 16.2. The average molecular weight is 310 g/mol. The summed E-state index contributed by atoms with van der Waals surface area (Å²) in [5, 5.41) is 10.2. The van der Waals surface area contributed by atoms with Gasteiger partial charge in [0.1, 0.15) is 5.82 Å². The molecule has 2 amide bonds. The van der Waals surface area contributed by atoms with Crippen LogP contribution in [0.3, 0.4) is 0 Å². The number of hydrogen-bond acceptors (Lipinski definition) is 3. The van der Waals surface area contributed by atoms with Crippen molar-refractivity contribution < 1.29 is 9.59 Å². The summed E-state index contributed by atoms with van der Waals surface area (Å²) < 4.78 is 1.61. The van der Waals surface area contributed by atoms with Crippen molar-refractivity contribution in [2.45, 2.75) is 31.7 Å². The molecule has 2 saturated carbocycles. The molecule has 1 heterocycles. The van der Waals surface area contributed by atoms with Crippen molar-refractivity contribution in [2.75, 3.05) is 5.32 Å². The van der Waals surface area contributed by atoms with Crippen molar-refractivity contribution in [3.8, 4) is 5.69 Å². The molecule has 2 aliphatic rings. The zero-order chi connectivity index (χ0) is 15.8. The molecule has 0 saturated heterocycles. The second-order valence-corrected chi connectivity index (χ2v) is 6.17. The normalized spacial score (nSPS) is 16.9. The predicted octanol–water partition coefficient (Wildman–Crippen LogP) is 2.11. The summed E-state index contributed by atoms with van der Waals surface area (Å²) >= 11 is 0. The van der Waals surface area contributed by atoms with E-state index in [0.29, 0.717) is 11.5 Å². The van der Waals surface area contributed by atoms with Crippen LogP contribution in [0, 0.1) is 5.92 Å². The Hall–Kier alpha value is -2.63. The lowest BCUT2D eigenvalue weighted by Gasteiger charge is -2.08. The van der Waals surface area contributed by atoms with E-state index in [0.717, 1.165) is 31.4 Å². The number of nitrogens with one attached hydrogen (secondary N) is 2. The van der Waals surface area contributed by atoms with Crippen LogP contribution >= 0.6 is 0 Å². The zero-order valence-corrected chi connectivity index (χ0v) is 12.7. The summed E-state index contributed by atoms with van der Waals surface area (Å²) in [5.74, 6) is 0.437. The minimum absolute atomic E-state index is 0.00349. The largest absolute Gasteiger partial charge is 0.348 e. The molecule has 118 valence electrons. The average Bonchev–Trinajstić information content (AvgIpc) is 3.47. The van der Waals surface area contributed by atoms with E-state index in [1.54, 1.807) is 10.7 Å². The number of carbonyl (C=O) groups excluding carboxylic acids is 2. The highest BCUT2D eigenvalue weighted by molar-refractivity contribution is 5.97. The summed E-state index contributed by atoms with van der Waals surface area (Å²) in [6.45, 7) is 0. The quantitative estimate of drug-likeness (QED) is 0.888. The number of para-hydroxylation sites is 1. The Labute approximate surface area is 133 Å². The minimum Gasteiger partial charge on any atom is -0.348 e. The molecular formula is C17H18N4O2. The van der Waals surface area contributed by atoms with Crippen LogP contribution in [-0.4, -0.2) is 27.6 Å². The fraction of sp³-hybridized carbons (Fsp3) is 0.353. The van der Waals surface area contributed by atoms with Gasteiger partial charge in [-0.05, 0) is 37.8 Å². The Morgan fingerprint density at radius 1 is 1.09 bits per heavy atom. The maximum absolute atomic E-state index is 12.2. The third-order valence-electron chi connectivity index (χ3n) is 4.05. The van der Waals surface area contributed by atoms with Gasteiger partial charge in [-0.15, -0.1) is 0 Å². The van der Waals surface area contributed by atoms with Crippen LogP contribution in [-0.2, 0) is 4.79 Å². The molecule has 1 aromatic carbocycles. The van der Waals surface area contributed by atoms with Crippen molar-refractivity contribution in [3.63, 3.8) is 0 Å². The summed E-state index contributed by atoms with van der Waals surface area (Å²) in [7, 11) is 0. The van der Waals surface area contributed by atoms with Gasteiger partial charge in [0.25, 0.3) is 5.91 Å². The van der Waals surface area contributed by atoms with E-state index in [1.807, 2.05) is 30.3 Å². The third kappa shape index (κ3) is 3.11. The number of benzene rings is 1. The van der Waals surface area contributed by atoms with Gasteiger partial charge in [-0.25, -0.2) is 4.68 Å². The predicted molar refractivity (Wildman–Crippen MR) is 85.4 cm³/mol. The zero-order valence-electron chi connectivity index (χ0n) is 12.7. The van der Waals surface area contributed by atoms with Gasteiger partial charge in [-0.3, -0.25) is 9.59 Å². The van der Waals surface area contributed by atoms with Crippen LogP contribution in [0.2, 0.25) is 0 Å². The maximum Gasteiger partial charge on any atom is 0.272 e. The van der Waals surface area contributed by atoms with Crippen LogP contribution in [0.25, 0.3) is 5.69 Å². The van der Waals surface area contributed by atoms with Crippen molar-refractivity contribution >= 4 is 17.6 Å². The maximum atomic E-state index is 12.2. The number of rotatable bonds is 5. The molecular weight excluding hydrogens is 292 g/mol. The van der Waals surface area contributed by atoms with Crippen LogP contribution in [0.5, 0.6) is 0 Å². The topological polar surface area (TPSA) is 76.0 Å². The number of amides is 2. The first kappa shape index (κ1) is 14.0. The van der Waals surface area contributed by atoms with Crippen LogP contribution in [0.1, 0.15) is 36.2 Å². The van der Waals surface area contributed by atoms with E-state index in [-0.39, 0.29) is 23.8 Å². The number of carbonyl (C=O) groups is 2. The van der Waals surface area contributed by atoms with E-state index < -0.39 is 0 Å². The van der Waals surface area contributed by atoms with E-state index in [1.165, 1.54) is 0 Å². The Morgan fingerprint density at radius 3 is 2.48 bits per heavy atom. The fourth-order valence-electron chi connectivity index (χ4n) is 2.41. The Morgan fingerprint density at radius 2 is 1.83 bits per heavy atom. The molecule has 0 radical (unpaired) electrons. The summed E-state index contributed by atoms with van der Waals surface area (Å²) in [5.41, 5.74) is 1.14. The molecule has 23 heavy (non-hydrogen) atoms. The SMILES string of the molecule is O=C(NC1CC1)c1cc(NC(=O)C2CC2)n(-c2ccccc2)n1. The first-order valence-corrected chi connectivity index (χ1v) is 7.98. The minimum atomic E-state index is -0.191. The molecule has 0 bridgehead atoms. The lowest BCUT2D eigenvalue weighted by atomic mass is 10.3. The molecule has 0 spiro atoms. The number of nitrogens with zero attached hydrogens (tertiary/aromatic N) is 2. The lowest BCUT2D eigenvalue weighted by molar-refractivity contribution is -0.117. The Kier molecular flexibility index (Phi) is 3.37. The molecule has 6 nitrogen and oxygen atoms in total. The Balaban J connectivity index is 1.64. The fourth-order valence-corrected chi connectivity index (χ4v) is 2.41. The lowest BCUT2D eigenvalue weighted by Crippen LogP contribution is -2.25. The first-order chi connectivity index (χ1) is 11.2. The van der Waals surface area contributed by atoms with Gasteiger partial charge < -0.3 is 10.6 Å². The van der Waals surface area contributed by atoms with Gasteiger partial charge in [0.2, 0.25) is 5.91 Å². The standard InChI is InChI=1S/C17H18N4O2/c22-16(11-6-7-11)19-15-10-14(17(23)18-12-8-9-12)20-21(15)13-4-2-1-3-5-13/h1-5,10-12H,6-9H2,(H,18,23)(H,19,22). The van der Waals surface area contributed by atoms with Crippen LogP contribution in [0.15, 0.2) is 36.4 Å². The van der Waals surface area contributed by atoms with Crippen molar-refractivity contribution in [1.29, 1.82) is 0 Å². The van der Waals surface area contributed by atoms with E-state index in [4.69, 9.17) is 0 Å². The second-order valence-electron chi connectivity index (χ2n) is 6.17. The molecule has 2 aliphatic carbocycles. The highest BCUT2D eigenvalue weighted by Gasteiger charge is 2.31. The first-order valence-electron chi connectivity index (χ1n) is 7.98. The van der Waals surface area contributed by atoms with Gasteiger partial charge >= 0.3 is 0 Å². The van der Waals surface area contributed by atoms with Gasteiger partial charge in [-0.1, -0.05) is 18.2 Å². The third-order valence-corrected chi connectivity index (χ3v) is 4.05. The van der Waals surface area contributed by atoms with E-state index in [2.05, 4.69) is 15.7 Å². The molecule has 4 rings (SSSR count). The van der Waals surface area contributed by atoms with Crippen LogP contribution in [0.4, 0.5) is 5.82 Å². The van der Waals surface area contributed by atoms with Gasteiger partial charge in [-0.2, -0.15) is 5.10 Å². The number of hydrogen-bond donors (Lipinski definition) is 2. The summed E-state index contributed by atoms with van der Waals surface area (Å²) in [4.78, 5) is 24.3. The van der Waals surface area contributed by atoms with Crippen LogP contribution < -0.4 is 10.6 Å². The molecule has 6 heteroatoms. The molecule has 0 atom stereocenters. The van der Waals surface area contributed by atoms with E-state index >= 15 is 0 Å². The molecule has 2 N–H and O–H groups in total. The summed E-state index contributed by atoms with van der Waals surface area (Å²) in [6, 6.07) is 11.4. The van der Waals surface area contributed by atoms with Gasteiger partial charge in [0, 0.05) is 18.0 Å². The molecule has 0 aliphatic heterocycles. The molecule has 2 aromatic rings. The molecule has 0 unspecified atom stereocenters. The van der Waals surface area contributed by atoms with Crippen molar-refractivity contribution in [2.24, 2.45) is 5.92 Å². The number of anilines is 1. The summed E-state index contributed by atoms with van der Waals surface area (Å²) in [6.07, 6.45) is 3.91. The van der Waals surface area contributed by atoms with E-state index in [9.17, 15) is 9.59 Å². The molecule has 1 aromatic heterocycles. The van der Waals surface area contributed by atoms with Crippen molar-refractivity contribution in [3.05, 3.63) is 42.1 Å².